The van der Waals surface area contributed by atoms with Gasteiger partial charge in [-0.05, 0) is 43.2 Å². The quantitative estimate of drug-likeness (QED) is 0.491. The van der Waals surface area contributed by atoms with Gasteiger partial charge in [-0.1, -0.05) is 52.0 Å². The number of para-hydroxylation sites is 1. The van der Waals surface area contributed by atoms with Crippen LogP contribution < -0.4 is 10.6 Å². The van der Waals surface area contributed by atoms with Gasteiger partial charge in [0.15, 0.2) is 0 Å². The highest BCUT2D eigenvalue weighted by molar-refractivity contribution is 5.96. The van der Waals surface area contributed by atoms with Crippen molar-refractivity contribution in [2.24, 2.45) is 0 Å². The van der Waals surface area contributed by atoms with Crippen LogP contribution in [-0.2, 0) is 10.2 Å². The maximum atomic E-state index is 13.1. The van der Waals surface area contributed by atoms with E-state index in [-0.39, 0.29) is 17.9 Å². The normalized spacial score (nSPS) is 11.0. The zero-order valence-corrected chi connectivity index (χ0v) is 20.9. The number of hydrogen-bond acceptors (Lipinski definition) is 4. The molecule has 3 aromatic rings. The standard InChI is InChI=1S/C27H32N6O2/c1-6-14-32(26(35)29-21-12-9-11-20(15-21)17-28)18-25(34)30-24-16-23(27(3,4)5)31-33(24)22-13-8-7-10-19(22)2/h7-13,15-16H,6,14,18H2,1-5H3,(H,29,35)(H,30,34). The van der Waals surface area contributed by atoms with E-state index in [0.717, 1.165) is 16.9 Å². The minimum atomic E-state index is -0.403. The highest BCUT2D eigenvalue weighted by atomic mass is 16.2. The number of nitriles is 1. The molecule has 0 fully saturated rings. The van der Waals surface area contributed by atoms with Crippen LogP contribution in [0.3, 0.4) is 0 Å². The Morgan fingerprint density at radius 3 is 2.49 bits per heavy atom. The molecule has 0 saturated heterocycles. The monoisotopic (exact) mass is 472 g/mol. The molecule has 0 spiro atoms. The number of carbonyl (C=O) groups is 2. The number of aryl methyl sites for hydroxylation is 1. The lowest BCUT2D eigenvalue weighted by Crippen LogP contribution is -2.41. The Bertz CT molecular complexity index is 1250. The predicted molar refractivity (Wildman–Crippen MR) is 138 cm³/mol. The molecule has 2 N–H and O–H groups in total. The summed E-state index contributed by atoms with van der Waals surface area (Å²) in [5.41, 5.74) is 3.48. The number of nitrogens with zero attached hydrogens (tertiary/aromatic N) is 4. The Hall–Kier alpha value is -4.12. The van der Waals surface area contributed by atoms with Gasteiger partial charge in [0.25, 0.3) is 0 Å². The molecule has 0 radical (unpaired) electrons. The lowest BCUT2D eigenvalue weighted by molar-refractivity contribution is -0.116. The number of hydrogen-bond donors (Lipinski definition) is 2. The van der Waals surface area contributed by atoms with Crippen LogP contribution in [0.25, 0.3) is 5.69 Å². The third kappa shape index (κ3) is 6.48. The van der Waals surface area contributed by atoms with Gasteiger partial charge >= 0.3 is 6.03 Å². The van der Waals surface area contributed by atoms with Gasteiger partial charge in [-0.3, -0.25) is 4.79 Å². The summed E-state index contributed by atoms with van der Waals surface area (Å²) in [6.45, 7) is 10.4. The first-order chi connectivity index (χ1) is 16.6. The topological polar surface area (TPSA) is 103 Å². The Kier molecular flexibility index (Phi) is 7.92. The fraction of sp³-hybridized carbons (Fsp3) is 0.333. The van der Waals surface area contributed by atoms with Gasteiger partial charge in [-0.2, -0.15) is 10.4 Å². The summed E-state index contributed by atoms with van der Waals surface area (Å²) in [6, 6.07) is 18.0. The molecule has 0 unspecified atom stereocenters. The third-order valence-electron chi connectivity index (χ3n) is 5.45. The molecular formula is C27H32N6O2. The first-order valence-electron chi connectivity index (χ1n) is 11.6. The summed E-state index contributed by atoms with van der Waals surface area (Å²) in [5.74, 6) is 0.224. The molecular weight excluding hydrogens is 440 g/mol. The molecule has 0 aliphatic heterocycles. The molecule has 182 valence electrons. The number of rotatable bonds is 7. The molecule has 3 rings (SSSR count). The number of urea groups is 1. The fourth-order valence-electron chi connectivity index (χ4n) is 3.57. The Morgan fingerprint density at radius 2 is 1.83 bits per heavy atom. The largest absolute Gasteiger partial charge is 0.322 e. The van der Waals surface area contributed by atoms with E-state index in [1.54, 1.807) is 28.9 Å². The van der Waals surface area contributed by atoms with E-state index in [4.69, 9.17) is 10.4 Å². The smallest absolute Gasteiger partial charge is 0.315 e. The van der Waals surface area contributed by atoms with E-state index >= 15 is 0 Å². The molecule has 8 nitrogen and oxygen atoms in total. The fourth-order valence-corrected chi connectivity index (χ4v) is 3.57. The number of benzene rings is 2. The van der Waals surface area contributed by atoms with Crippen LogP contribution in [0.4, 0.5) is 16.3 Å². The Labute approximate surface area is 206 Å². The first kappa shape index (κ1) is 25.5. The van der Waals surface area contributed by atoms with Crippen molar-refractivity contribution in [2.45, 2.75) is 46.5 Å². The van der Waals surface area contributed by atoms with E-state index in [1.165, 1.54) is 4.90 Å². The first-order valence-corrected chi connectivity index (χ1v) is 11.6. The lowest BCUT2D eigenvalue weighted by atomic mass is 9.92. The Morgan fingerprint density at radius 1 is 1.09 bits per heavy atom. The average molecular weight is 473 g/mol. The number of carbonyl (C=O) groups excluding carboxylic acids is 2. The van der Waals surface area contributed by atoms with Gasteiger partial charge in [-0.25, -0.2) is 9.48 Å². The molecule has 0 bridgehead atoms. The molecule has 35 heavy (non-hydrogen) atoms. The van der Waals surface area contributed by atoms with Crippen molar-refractivity contribution in [2.75, 3.05) is 23.7 Å². The second-order valence-corrected chi connectivity index (χ2v) is 9.46. The van der Waals surface area contributed by atoms with Crippen LogP contribution >= 0.6 is 0 Å². The zero-order chi connectivity index (χ0) is 25.6. The second-order valence-electron chi connectivity index (χ2n) is 9.46. The maximum Gasteiger partial charge on any atom is 0.322 e. The minimum Gasteiger partial charge on any atom is -0.315 e. The molecule has 1 heterocycles. The van der Waals surface area contributed by atoms with Gasteiger partial charge in [-0.15, -0.1) is 0 Å². The van der Waals surface area contributed by atoms with Gasteiger partial charge < -0.3 is 15.5 Å². The molecule has 0 atom stereocenters. The van der Waals surface area contributed by atoms with Gasteiger partial charge in [0.1, 0.15) is 12.4 Å². The van der Waals surface area contributed by atoms with Gasteiger partial charge in [0, 0.05) is 23.7 Å². The maximum absolute atomic E-state index is 13.1. The average Bonchev–Trinajstić information content (AvgIpc) is 3.23. The van der Waals surface area contributed by atoms with Crippen LogP contribution in [-0.4, -0.2) is 39.7 Å². The number of aromatic nitrogens is 2. The number of anilines is 2. The second kappa shape index (κ2) is 10.9. The van der Waals surface area contributed by atoms with Crippen molar-refractivity contribution in [3.8, 4) is 11.8 Å². The summed E-state index contributed by atoms with van der Waals surface area (Å²) in [4.78, 5) is 27.4. The summed E-state index contributed by atoms with van der Waals surface area (Å²) >= 11 is 0. The molecule has 0 aliphatic carbocycles. The van der Waals surface area contributed by atoms with Crippen LogP contribution in [0.1, 0.15) is 50.9 Å². The van der Waals surface area contributed by atoms with E-state index < -0.39 is 6.03 Å². The molecule has 0 aliphatic rings. The van der Waals surface area contributed by atoms with E-state index in [2.05, 4.69) is 37.5 Å². The minimum absolute atomic E-state index is 0.124. The third-order valence-corrected chi connectivity index (χ3v) is 5.45. The van der Waals surface area contributed by atoms with Gasteiger partial charge in [0.05, 0.1) is 23.0 Å². The summed E-state index contributed by atoms with van der Waals surface area (Å²) in [7, 11) is 0. The van der Waals surface area contributed by atoms with Crippen molar-refractivity contribution in [3.05, 3.63) is 71.4 Å². The zero-order valence-electron chi connectivity index (χ0n) is 20.9. The van der Waals surface area contributed by atoms with Gasteiger partial charge in [0.2, 0.25) is 5.91 Å². The van der Waals surface area contributed by atoms with Crippen molar-refractivity contribution >= 4 is 23.4 Å². The SMILES string of the molecule is CCCN(CC(=O)Nc1cc(C(C)(C)C)nn1-c1ccccc1C)C(=O)Nc1cccc(C#N)c1. The van der Waals surface area contributed by atoms with Crippen molar-refractivity contribution < 1.29 is 9.59 Å². The highest BCUT2D eigenvalue weighted by Crippen LogP contribution is 2.27. The van der Waals surface area contributed by atoms with Crippen molar-refractivity contribution in [1.82, 2.24) is 14.7 Å². The molecule has 0 saturated carbocycles. The summed E-state index contributed by atoms with van der Waals surface area (Å²) < 4.78 is 1.74. The van der Waals surface area contributed by atoms with Crippen molar-refractivity contribution in [1.29, 1.82) is 5.26 Å². The highest BCUT2D eigenvalue weighted by Gasteiger charge is 2.23. The van der Waals surface area contributed by atoms with E-state index in [1.807, 2.05) is 44.2 Å². The van der Waals surface area contributed by atoms with Crippen molar-refractivity contribution in [3.63, 3.8) is 0 Å². The summed E-state index contributed by atoms with van der Waals surface area (Å²) in [6.07, 6.45) is 0.689. The Balaban J connectivity index is 1.81. The number of nitrogens with one attached hydrogen (secondary N) is 2. The number of amides is 3. The molecule has 2 aromatic carbocycles. The van der Waals surface area contributed by atoms with Crippen LogP contribution in [0.2, 0.25) is 0 Å². The molecule has 8 heteroatoms. The van der Waals surface area contributed by atoms with Crippen LogP contribution in [0.15, 0.2) is 54.6 Å². The van der Waals surface area contributed by atoms with E-state index in [0.29, 0.717) is 30.0 Å². The molecule has 1 aromatic heterocycles. The van der Waals surface area contributed by atoms with Crippen LogP contribution in [0, 0.1) is 18.3 Å². The predicted octanol–water partition coefficient (Wildman–Crippen LogP) is 5.23. The lowest BCUT2D eigenvalue weighted by Gasteiger charge is -2.22. The van der Waals surface area contributed by atoms with Crippen LogP contribution in [0.5, 0.6) is 0 Å². The summed E-state index contributed by atoms with van der Waals surface area (Å²) in [5, 5.41) is 19.6. The molecule has 3 amide bonds. The van der Waals surface area contributed by atoms with E-state index in [9.17, 15) is 9.59 Å².